The van der Waals surface area contributed by atoms with Crippen molar-refractivity contribution in [3.8, 4) is 45.7 Å². The van der Waals surface area contributed by atoms with Crippen molar-refractivity contribution in [1.82, 2.24) is 4.98 Å². The maximum atomic E-state index is 12.6. The largest absolute Gasteiger partial charge is 0.493 e. The van der Waals surface area contributed by atoms with Crippen LogP contribution in [0.3, 0.4) is 0 Å². The van der Waals surface area contributed by atoms with Gasteiger partial charge in [0, 0.05) is 22.4 Å². The van der Waals surface area contributed by atoms with Crippen LogP contribution < -0.4 is 19.8 Å². The minimum atomic E-state index is -0.450. The van der Waals surface area contributed by atoms with E-state index in [-0.39, 0.29) is 12.4 Å². The summed E-state index contributed by atoms with van der Waals surface area (Å²) < 4.78 is 16.4. The summed E-state index contributed by atoms with van der Waals surface area (Å²) >= 11 is 0. The molecule has 27 heavy (non-hydrogen) atoms. The lowest BCUT2D eigenvalue weighted by atomic mass is 9.98. The number of pyridine rings is 1. The number of nitrogens with zero attached hydrogens (tertiary/aromatic N) is 1. The highest BCUT2D eigenvalue weighted by molar-refractivity contribution is 5.79. The number of nitrogens with one attached hydrogen (secondary N) is 1. The van der Waals surface area contributed by atoms with Gasteiger partial charge in [-0.3, -0.25) is 4.79 Å². The zero-order chi connectivity index (χ0) is 18.8. The van der Waals surface area contributed by atoms with Gasteiger partial charge in [0.25, 0.3) is 5.56 Å². The predicted octanol–water partition coefficient (Wildman–Crippen LogP) is 3.71. The Labute approximate surface area is 155 Å². The lowest BCUT2D eigenvalue weighted by molar-refractivity contribution is 0.174. The van der Waals surface area contributed by atoms with Gasteiger partial charge in [0.15, 0.2) is 11.5 Å². The van der Waals surface area contributed by atoms with Crippen LogP contribution in [-0.2, 0) is 0 Å². The van der Waals surface area contributed by atoms with Gasteiger partial charge >= 0.3 is 0 Å². The molecule has 0 bridgehead atoms. The standard InChI is InChI=1S/C21H16N2O4/c1-2-25-18-6-4-3-5-14(18)15-10-17(23-21(24)16(15)11-22)13-7-8-19-20(9-13)27-12-26-19/h3-10H,2,12H2,1H3,(H,23,24). The van der Waals surface area contributed by atoms with Crippen molar-refractivity contribution in [2.75, 3.05) is 13.4 Å². The molecule has 1 N–H and O–H groups in total. The lowest BCUT2D eigenvalue weighted by Gasteiger charge is -2.13. The molecular weight excluding hydrogens is 344 g/mol. The van der Waals surface area contributed by atoms with E-state index in [9.17, 15) is 10.1 Å². The van der Waals surface area contributed by atoms with E-state index >= 15 is 0 Å². The summed E-state index contributed by atoms with van der Waals surface area (Å²) in [6.07, 6.45) is 0. The number of aromatic nitrogens is 1. The monoisotopic (exact) mass is 360 g/mol. The van der Waals surface area contributed by atoms with E-state index in [0.29, 0.717) is 40.7 Å². The van der Waals surface area contributed by atoms with E-state index in [1.807, 2.05) is 43.3 Å². The van der Waals surface area contributed by atoms with Gasteiger partial charge in [-0.05, 0) is 37.3 Å². The third-order valence-electron chi connectivity index (χ3n) is 4.31. The van der Waals surface area contributed by atoms with Crippen molar-refractivity contribution in [2.24, 2.45) is 0 Å². The van der Waals surface area contributed by atoms with Crippen LogP contribution in [-0.4, -0.2) is 18.4 Å². The zero-order valence-electron chi connectivity index (χ0n) is 14.6. The Bertz CT molecular complexity index is 1110. The molecule has 0 radical (unpaired) electrons. The van der Waals surface area contributed by atoms with E-state index in [0.717, 1.165) is 5.56 Å². The Morgan fingerprint density at radius 2 is 1.93 bits per heavy atom. The lowest BCUT2D eigenvalue weighted by Crippen LogP contribution is -2.13. The van der Waals surface area contributed by atoms with Crippen LogP contribution in [0.2, 0.25) is 0 Å². The normalized spacial score (nSPS) is 11.9. The molecule has 0 fully saturated rings. The second kappa shape index (κ2) is 6.89. The second-order valence-corrected chi connectivity index (χ2v) is 5.91. The molecular formula is C21H16N2O4. The Morgan fingerprint density at radius 3 is 2.74 bits per heavy atom. The van der Waals surface area contributed by atoms with Crippen LogP contribution in [0.5, 0.6) is 17.2 Å². The van der Waals surface area contributed by atoms with Crippen molar-refractivity contribution < 1.29 is 14.2 Å². The van der Waals surface area contributed by atoms with Crippen molar-refractivity contribution in [1.29, 1.82) is 5.26 Å². The number of H-pyrrole nitrogens is 1. The Kier molecular flexibility index (Phi) is 4.27. The number of aromatic amines is 1. The molecule has 0 saturated heterocycles. The van der Waals surface area contributed by atoms with E-state index in [1.165, 1.54) is 0 Å². The summed E-state index contributed by atoms with van der Waals surface area (Å²) in [5.41, 5.74) is 2.16. The van der Waals surface area contributed by atoms with Crippen molar-refractivity contribution >= 4 is 0 Å². The number of para-hydroxylation sites is 1. The topological polar surface area (TPSA) is 84.3 Å². The molecule has 0 aliphatic carbocycles. The summed E-state index contributed by atoms with van der Waals surface area (Å²) in [5.74, 6) is 1.91. The highest BCUT2D eigenvalue weighted by atomic mass is 16.7. The molecule has 0 atom stereocenters. The molecule has 1 aliphatic rings. The van der Waals surface area contributed by atoms with Crippen LogP contribution in [0.25, 0.3) is 22.4 Å². The first-order valence-electron chi connectivity index (χ1n) is 8.51. The number of hydrogen-bond acceptors (Lipinski definition) is 5. The average molecular weight is 360 g/mol. The third-order valence-corrected chi connectivity index (χ3v) is 4.31. The molecule has 1 aromatic heterocycles. The predicted molar refractivity (Wildman–Crippen MR) is 99.9 cm³/mol. The minimum absolute atomic E-state index is 0.0478. The first-order valence-corrected chi connectivity index (χ1v) is 8.51. The molecule has 6 heteroatoms. The van der Waals surface area contributed by atoms with Gasteiger partial charge in [-0.2, -0.15) is 5.26 Å². The molecule has 4 rings (SSSR count). The number of rotatable bonds is 4. The Morgan fingerprint density at radius 1 is 1.11 bits per heavy atom. The van der Waals surface area contributed by atoms with E-state index in [1.54, 1.807) is 18.2 Å². The molecule has 1 aliphatic heterocycles. The summed E-state index contributed by atoms with van der Waals surface area (Å²) in [5, 5.41) is 9.52. The molecule has 3 aromatic rings. The summed E-state index contributed by atoms with van der Waals surface area (Å²) in [6.45, 7) is 2.55. The highest BCUT2D eigenvalue weighted by Crippen LogP contribution is 2.37. The SMILES string of the molecule is CCOc1ccccc1-c1cc(-c2ccc3c(c2)OCO3)[nH]c(=O)c1C#N. The Balaban J connectivity index is 1.91. The molecule has 0 spiro atoms. The van der Waals surface area contributed by atoms with Crippen LogP contribution in [0.15, 0.2) is 53.3 Å². The third kappa shape index (κ3) is 3.00. The average Bonchev–Trinajstić information content (AvgIpc) is 3.16. The molecule has 0 amide bonds. The van der Waals surface area contributed by atoms with Crippen LogP contribution in [0.4, 0.5) is 0 Å². The number of nitriles is 1. The summed E-state index contributed by atoms with van der Waals surface area (Å²) in [7, 11) is 0. The fourth-order valence-electron chi connectivity index (χ4n) is 3.07. The molecule has 6 nitrogen and oxygen atoms in total. The van der Waals surface area contributed by atoms with Crippen molar-refractivity contribution in [2.45, 2.75) is 6.92 Å². The summed E-state index contributed by atoms with van der Waals surface area (Å²) in [4.78, 5) is 15.3. The van der Waals surface area contributed by atoms with E-state index in [4.69, 9.17) is 14.2 Å². The van der Waals surface area contributed by atoms with E-state index < -0.39 is 5.56 Å². The van der Waals surface area contributed by atoms with Crippen LogP contribution in [0.1, 0.15) is 12.5 Å². The molecule has 0 saturated carbocycles. The fraction of sp³-hybridized carbons (Fsp3) is 0.143. The van der Waals surface area contributed by atoms with Gasteiger partial charge in [-0.25, -0.2) is 0 Å². The maximum Gasteiger partial charge on any atom is 0.266 e. The van der Waals surface area contributed by atoms with Gasteiger partial charge < -0.3 is 19.2 Å². The van der Waals surface area contributed by atoms with E-state index in [2.05, 4.69) is 4.98 Å². The number of hydrogen-bond donors (Lipinski definition) is 1. The van der Waals surface area contributed by atoms with Crippen LogP contribution in [0, 0.1) is 11.3 Å². The maximum absolute atomic E-state index is 12.6. The van der Waals surface area contributed by atoms with Crippen LogP contribution >= 0.6 is 0 Å². The second-order valence-electron chi connectivity index (χ2n) is 5.91. The zero-order valence-corrected chi connectivity index (χ0v) is 14.6. The first-order chi connectivity index (χ1) is 13.2. The fourth-order valence-corrected chi connectivity index (χ4v) is 3.07. The van der Waals surface area contributed by atoms with Gasteiger partial charge in [-0.15, -0.1) is 0 Å². The molecule has 0 unspecified atom stereocenters. The van der Waals surface area contributed by atoms with Gasteiger partial charge in [0.05, 0.1) is 6.61 Å². The van der Waals surface area contributed by atoms with Crippen molar-refractivity contribution in [3.63, 3.8) is 0 Å². The number of ether oxygens (including phenoxy) is 3. The van der Waals surface area contributed by atoms with Gasteiger partial charge in [0.2, 0.25) is 6.79 Å². The number of fused-ring (bicyclic) bond motifs is 1. The van der Waals surface area contributed by atoms with Crippen molar-refractivity contribution in [3.05, 3.63) is 64.4 Å². The smallest absolute Gasteiger partial charge is 0.266 e. The van der Waals surface area contributed by atoms with Gasteiger partial charge in [0.1, 0.15) is 17.4 Å². The molecule has 2 aromatic carbocycles. The van der Waals surface area contributed by atoms with Gasteiger partial charge in [-0.1, -0.05) is 18.2 Å². The summed E-state index contributed by atoms with van der Waals surface area (Å²) in [6, 6.07) is 16.6. The Hall–Kier alpha value is -3.72. The first kappa shape index (κ1) is 16.7. The molecule has 134 valence electrons. The quantitative estimate of drug-likeness (QED) is 0.767. The number of benzene rings is 2. The minimum Gasteiger partial charge on any atom is -0.493 e. The highest BCUT2D eigenvalue weighted by Gasteiger charge is 2.18. The molecule has 2 heterocycles.